The number of pyridine rings is 1. The largest absolute Gasteiger partial charge is 0.433 e. The Kier molecular flexibility index (Phi) is 7.46. The standard InChI is InChI=1S/C31H30F2N6O4S/c1-17-11-20-13-26(37-25(20)14-21(17)19-7-9-38(10-8-19)44(3,41)42)29(40)22-15-36-39(31(22)34)27-16-35-28(12-18(27)2)43-30-23(32)5-4-6-24(30)33/h4-6,11-16,19,37H,7-10,34H2,1-3H3. The molecule has 44 heavy (non-hydrogen) atoms. The van der Waals surface area contributed by atoms with Crippen molar-refractivity contribution in [2.45, 2.75) is 32.6 Å². The molecule has 6 rings (SSSR count). The second-order valence-electron chi connectivity index (χ2n) is 11.1. The summed E-state index contributed by atoms with van der Waals surface area (Å²) in [5, 5.41) is 5.18. The molecule has 3 N–H and O–H groups in total. The van der Waals surface area contributed by atoms with E-state index in [2.05, 4.69) is 15.1 Å². The molecule has 3 aromatic heterocycles. The first-order valence-electron chi connectivity index (χ1n) is 14.0. The van der Waals surface area contributed by atoms with E-state index in [4.69, 9.17) is 10.5 Å². The Labute approximate surface area is 252 Å². The number of ether oxygens (including phenoxy) is 1. The quantitative estimate of drug-likeness (QED) is 0.233. The molecule has 0 aliphatic carbocycles. The van der Waals surface area contributed by atoms with Gasteiger partial charge in [0.2, 0.25) is 27.4 Å². The SMILES string of the molecule is Cc1cc2cc(C(=O)c3cnn(-c4cnc(Oc5c(F)cccc5F)cc4C)c3N)[nH]c2cc1C1CCN(S(C)(=O)=O)CC1. The lowest BCUT2D eigenvalue weighted by atomic mass is 9.87. The van der Waals surface area contributed by atoms with Crippen molar-refractivity contribution in [3.05, 3.63) is 94.4 Å². The molecule has 1 saturated heterocycles. The van der Waals surface area contributed by atoms with Gasteiger partial charge in [0.05, 0.1) is 35.6 Å². The first-order chi connectivity index (χ1) is 20.9. The maximum absolute atomic E-state index is 14.0. The van der Waals surface area contributed by atoms with E-state index in [0.29, 0.717) is 30.0 Å². The molecule has 0 amide bonds. The first-order valence-corrected chi connectivity index (χ1v) is 15.8. The molecule has 5 aromatic rings. The number of anilines is 1. The number of nitrogens with two attached hydrogens (primary N) is 1. The molecule has 13 heteroatoms. The predicted octanol–water partition coefficient (Wildman–Crippen LogP) is 5.39. The molecule has 1 aliphatic rings. The zero-order valence-corrected chi connectivity index (χ0v) is 25.1. The van der Waals surface area contributed by atoms with Crippen molar-refractivity contribution in [1.82, 2.24) is 24.1 Å². The average Bonchev–Trinajstić information content (AvgIpc) is 3.57. The Hall–Kier alpha value is -4.62. The van der Waals surface area contributed by atoms with Crippen LogP contribution in [0.25, 0.3) is 16.6 Å². The van der Waals surface area contributed by atoms with Gasteiger partial charge in [-0.2, -0.15) is 5.10 Å². The Bertz CT molecular complexity index is 2010. The fourth-order valence-corrected chi connectivity index (χ4v) is 6.60. The van der Waals surface area contributed by atoms with Gasteiger partial charge in [-0.1, -0.05) is 6.07 Å². The number of aryl methyl sites for hydroxylation is 2. The highest BCUT2D eigenvalue weighted by Crippen LogP contribution is 2.34. The van der Waals surface area contributed by atoms with E-state index < -0.39 is 27.4 Å². The molecule has 0 radical (unpaired) electrons. The highest BCUT2D eigenvalue weighted by molar-refractivity contribution is 7.88. The lowest BCUT2D eigenvalue weighted by molar-refractivity contribution is 0.103. The van der Waals surface area contributed by atoms with Crippen LogP contribution in [0, 0.1) is 25.5 Å². The van der Waals surface area contributed by atoms with Crippen LogP contribution in [0.15, 0.2) is 54.9 Å². The molecule has 0 unspecified atom stereocenters. The van der Waals surface area contributed by atoms with Crippen LogP contribution in [0.1, 0.15) is 51.5 Å². The number of nitrogen functional groups attached to an aromatic ring is 1. The number of rotatable bonds is 7. The van der Waals surface area contributed by atoms with E-state index in [-0.39, 0.29) is 29.0 Å². The number of carbonyl (C=O) groups excluding carboxylic acids is 1. The van der Waals surface area contributed by atoms with Crippen LogP contribution >= 0.6 is 0 Å². The molecular weight excluding hydrogens is 590 g/mol. The molecule has 0 spiro atoms. The van der Waals surface area contributed by atoms with Crippen molar-refractivity contribution in [2.24, 2.45) is 0 Å². The number of para-hydroxylation sites is 1. The normalized spacial score (nSPS) is 14.8. The van der Waals surface area contributed by atoms with Gasteiger partial charge in [-0.05, 0) is 79.6 Å². The molecule has 10 nitrogen and oxygen atoms in total. The maximum atomic E-state index is 14.0. The summed E-state index contributed by atoms with van der Waals surface area (Å²) in [4.78, 5) is 20.9. The van der Waals surface area contributed by atoms with Crippen molar-refractivity contribution >= 4 is 32.5 Å². The molecule has 0 saturated carbocycles. The first kappa shape index (κ1) is 29.5. The minimum absolute atomic E-state index is 0.0223. The number of halogens is 2. The summed E-state index contributed by atoms with van der Waals surface area (Å²) >= 11 is 0. The van der Waals surface area contributed by atoms with Crippen LogP contribution in [-0.4, -0.2) is 57.6 Å². The van der Waals surface area contributed by atoms with Crippen LogP contribution in [0.2, 0.25) is 0 Å². The minimum atomic E-state index is -3.21. The predicted molar refractivity (Wildman–Crippen MR) is 162 cm³/mol. The highest BCUT2D eigenvalue weighted by atomic mass is 32.2. The van der Waals surface area contributed by atoms with E-state index in [0.717, 1.165) is 47.0 Å². The fraction of sp³-hybridized carbons (Fsp3) is 0.258. The molecule has 228 valence electrons. The second kappa shape index (κ2) is 11.1. The number of piperidine rings is 1. The van der Waals surface area contributed by atoms with Gasteiger partial charge in [0.1, 0.15) is 5.82 Å². The molecule has 1 fully saturated rings. The van der Waals surface area contributed by atoms with Crippen LogP contribution in [-0.2, 0) is 10.0 Å². The number of nitrogens with one attached hydrogen (secondary N) is 1. The molecular formula is C31H30F2N6O4S. The number of sulfonamides is 1. The van der Waals surface area contributed by atoms with Gasteiger partial charge < -0.3 is 15.5 Å². The van der Waals surface area contributed by atoms with Gasteiger partial charge in [-0.25, -0.2) is 31.2 Å². The monoisotopic (exact) mass is 620 g/mol. The highest BCUT2D eigenvalue weighted by Gasteiger charge is 2.27. The summed E-state index contributed by atoms with van der Waals surface area (Å²) in [7, 11) is -3.21. The summed E-state index contributed by atoms with van der Waals surface area (Å²) in [6.07, 6.45) is 5.47. The summed E-state index contributed by atoms with van der Waals surface area (Å²) in [5.74, 6) is -2.32. The Morgan fingerprint density at radius 2 is 1.75 bits per heavy atom. The smallest absolute Gasteiger partial charge is 0.219 e. The Morgan fingerprint density at radius 1 is 1.05 bits per heavy atom. The second-order valence-corrected chi connectivity index (χ2v) is 13.0. The molecule has 4 heterocycles. The summed E-state index contributed by atoms with van der Waals surface area (Å²) in [6.45, 7) is 4.71. The number of carbonyl (C=O) groups is 1. The van der Waals surface area contributed by atoms with Gasteiger partial charge in [0, 0.05) is 30.1 Å². The maximum Gasteiger partial charge on any atom is 0.219 e. The molecule has 1 aliphatic heterocycles. The summed E-state index contributed by atoms with van der Waals surface area (Å²) < 4.78 is 60.1. The number of ketones is 1. The lowest BCUT2D eigenvalue weighted by Crippen LogP contribution is -2.37. The van der Waals surface area contributed by atoms with Crippen molar-refractivity contribution in [3.63, 3.8) is 0 Å². The van der Waals surface area contributed by atoms with Crippen molar-refractivity contribution in [2.75, 3.05) is 25.1 Å². The number of hydrogen-bond acceptors (Lipinski definition) is 7. The van der Waals surface area contributed by atoms with E-state index in [1.165, 1.54) is 39.8 Å². The number of aromatic amines is 1. The third-order valence-electron chi connectivity index (χ3n) is 8.08. The van der Waals surface area contributed by atoms with Crippen molar-refractivity contribution in [1.29, 1.82) is 0 Å². The summed E-state index contributed by atoms with van der Waals surface area (Å²) in [5.41, 5.74) is 11.0. The summed E-state index contributed by atoms with van der Waals surface area (Å²) in [6, 6.07) is 10.7. The minimum Gasteiger partial charge on any atom is -0.433 e. The van der Waals surface area contributed by atoms with Crippen LogP contribution < -0.4 is 10.5 Å². The van der Waals surface area contributed by atoms with Crippen molar-refractivity contribution in [3.8, 4) is 17.3 Å². The Morgan fingerprint density at radius 3 is 2.41 bits per heavy atom. The number of fused-ring (bicyclic) bond motifs is 1. The van der Waals surface area contributed by atoms with Gasteiger partial charge in [-0.15, -0.1) is 0 Å². The fourth-order valence-electron chi connectivity index (χ4n) is 5.73. The number of nitrogens with zero attached hydrogens (tertiary/aromatic N) is 4. The Balaban J connectivity index is 1.23. The third kappa shape index (κ3) is 5.44. The molecule has 2 aromatic carbocycles. The van der Waals surface area contributed by atoms with Crippen LogP contribution in [0.4, 0.5) is 14.6 Å². The topological polar surface area (TPSA) is 136 Å². The van der Waals surface area contributed by atoms with E-state index in [1.807, 2.05) is 19.1 Å². The van der Waals surface area contributed by atoms with Gasteiger partial charge >= 0.3 is 0 Å². The van der Waals surface area contributed by atoms with Crippen molar-refractivity contribution < 1.29 is 26.7 Å². The molecule has 0 atom stereocenters. The van der Waals surface area contributed by atoms with Gasteiger partial charge in [0.25, 0.3) is 0 Å². The number of aromatic nitrogens is 4. The van der Waals surface area contributed by atoms with Gasteiger partial charge in [-0.3, -0.25) is 4.79 Å². The number of H-pyrrole nitrogens is 1. The van der Waals surface area contributed by atoms with E-state index >= 15 is 0 Å². The third-order valence-corrected chi connectivity index (χ3v) is 9.38. The van der Waals surface area contributed by atoms with Crippen LogP contribution in [0.3, 0.4) is 0 Å². The van der Waals surface area contributed by atoms with E-state index in [9.17, 15) is 22.0 Å². The zero-order valence-electron chi connectivity index (χ0n) is 24.3. The average molecular weight is 621 g/mol. The van der Waals surface area contributed by atoms with E-state index in [1.54, 1.807) is 13.0 Å². The molecule has 0 bridgehead atoms. The van der Waals surface area contributed by atoms with Gasteiger partial charge in [0.15, 0.2) is 11.6 Å². The lowest BCUT2D eigenvalue weighted by Gasteiger charge is -2.31. The number of benzene rings is 2. The van der Waals surface area contributed by atoms with Crippen LogP contribution in [0.5, 0.6) is 11.6 Å². The zero-order chi connectivity index (χ0) is 31.3. The number of hydrogen-bond donors (Lipinski definition) is 2.